The third-order valence-corrected chi connectivity index (χ3v) is 3.99. The van der Waals surface area contributed by atoms with Crippen LogP contribution in [0.25, 0.3) is 0 Å². The van der Waals surface area contributed by atoms with E-state index >= 15 is 0 Å². The molecule has 0 radical (unpaired) electrons. The number of benzene rings is 1. The number of hydrogen-bond donors (Lipinski definition) is 2. The Morgan fingerprint density at radius 1 is 1.32 bits per heavy atom. The van der Waals surface area contributed by atoms with Crippen LogP contribution in [0.4, 0.5) is 5.95 Å². The fraction of sp³-hybridized carbons (Fsp3) is 0.353. The Morgan fingerprint density at radius 2 is 2.08 bits per heavy atom. The number of hydrogen-bond acceptors (Lipinski definition) is 5. The van der Waals surface area contributed by atoms with Crippen LogP contribution in [0.3, 0.4) is 0 Å². The predicted octanol–water partition coefficient (Wildman–Crippen LogP) is 3.44. The second kappa shape index (κ2) is 8.87. The number of rotatable bonds is 7. The predicted molar refractivity (Wildman–Crippen MR) is 99.5 cm³/mol. The van der Waals surface area contributed by atoms with Gasteiger partial charge >= 0.3 is 0 Å². The van der Waals surface area contributed by atoms with E-state index in [-0.39, 0.29) is 11.9 Å². The van der Waals surface area contributed by atoms with Crippen molar-refractivity contribution in [1.82, 2.24) is 15.3 Å². The van der Waals surface area contributed by atoms with E-state index in [1.54, 1.807) is 25.1 Å². The molecular weight excluding hydrogens is 363 g/mol. The highest BCUT2D eigenvalue weighted by molar-refractivity contribution is 6.35. The molecule has 6 nitrogen and oxygen atoms in total. The molecule has 0 aliphatic rings. The largest absolute Gasteiger partial charge is 0.492 e. The molecule has 1 aromatic carbocycles. The van der Waals surface area contributed by atoms with Crippen LogP contribution in [-0.4, -0.2) is 29.0 Å². The minimum atomic E-state index is -0.198. The molecule has 2 rings (SSSR count). The molecule has 0 aliphatic heterocycles. The van der Waals surface area contributed by atoms with Crippen LogP contribution >= 0.6 is 23.2 Å². The van der Waals surface area contributed by atoms with Gasteiger partial charge in [0.15, 0.2) is 0 Å². The fourth-order valence-corrected chi connectivity index (χ4v) is 2.86. The topological polar surface area (TPSA) is 90.1 Å². The molecule has 0 fully saturated rings. The first-order valence-electron chi connectivity index (χ1n) is 7.91. The van der Waals surface area contributed by atoms with E-state index in [2.05, 4.69) is 15.3 Å². The average molecular weight is 383 g/mol. The number of ether oxygens (including phenoxy) is 1. The summed E-state index contributed by atoms with van der Waals surface area (Å²) in [6.45, 7) is 4.55. The van der Waals surface area contributed by atoms with E-state index < -0.39 is 0 Å². The number of nitrogens with zero attached hydrogens (tertiary/aromatic N) is 2. The fourth-order valence-electron chi connectivity index (χ4n) is 2.39. The van der Waals surface area contributed by atoms with Gasteiger partial charge in [0, 0.05) is 11.6 Å². The summed E-state index contributed by atoms with van der Waals surface area (Å²) in [6.07, 6.45) is 1.17. The van der Waals surface area contributed by atoms with Crippen molar-refractivity contribution in [3.05, 3.63) is 45.2 Å². The van der Waals surface area contributed by atoms with Gasteiger partial charge in [-0.05, 0) is 44.9 Å². The standard InChI is InChI=1S/C17H20Cl2N4O2/c1-3-21-16(24)15-10(2)22-17(20)23-13(15)5-4-8-25-14-7-6-11(18)9-12(14)19/h6-7,9H,3-5,8H2,1-2H3,(H,21,24)(H2,20,22,23). The van der Waals surface area contributed by atoms with Gasteiger partial charge in [0.1, 0.15) is 5.75 Å². The first-order chi connectivity index (χ1) is 11.9. The average Bonchev–Trinajstić information content (AvgIpc) is 2.52. The Kier molecular flexibility index (Phi) is 6.84. The minimum absolute atomic E-state index is 0.155. The molecule has 0 atom stereocenters. The van der Waals surface area contributed by atoms with Gasteiger partial charge in [-0.2, -0.15) is 0 Å². The Labute approximate surface area is 156 Å². The number of carbonyl (C=O) groups excluding carboxylic acids is 1. The van der Waals surface area contributed by atoms with Crippen LogP contribution < -0.4 is 15.8 Å². The molecule has 0 bridgehead atoms. The van der Waals surface area contributed by atoms with Gasteiger partial charge in [0.2, 0.25) is 5.95 Å². The minimum Gasteiger partial charge on any atom is -0.492 e. The summed E-state index contributed by atoms with van der Waals surface area (Å²) < 4.78 is 5.66. The molecule has 3 N–H and O–H groups in total. The van der Waals surface area contributed by atoms with Gasteiger partial charge in [-0.3, -0.25) is 4.79 Å². The highest BCUT2D eigenvalue weighted by Gasteiger charge is 2.17. The molecule has 1 heterocycles. The molecule has 0 aliphatic carbocycles. The molecule has 1 amide bonds. The van der Waals surface area contributed by atoms with E-state index in [1.807, 2.05) is 6.92 Å². The van der Waals surface area contributed by atoms with Crippen LogP contribution in [0.15, 0.2) is 18.2 Å². The highest BCUT2D eigenvalue weighted by Crippen LogP contribution is 2.27. The summed E-state index contributed by atoms with van der Waals surface area (Å²) in [7, 11) is 0. The first kappa shape index (κ1) is 19.3. The summed E-state index contributed by atoms with van der Waals surface area (Å²) in [5, 5.41) is 3.78. The molecule has 2 aromatic rings. The van der Waals surface area contributed by atoms with Crippen molar-refractivity contribution in [3.63, 3.8) is 0 Å². The maximum Gasteiger partial charge on any atom is 0.254 e. The summed E-state index contributed by atoms with van der Waals surface area (Å²) in [5.74, 6) is 0.521. The van der Waals surface area contributed by atoms with Crippen molar-refractivity contribution in [2.24, 2.45) is 0 Å². The van der Waals surface area contributed by atoms with E-state index in [9.17, 15) is 4.79 Å². The number of nitrogen functional groups attached to an aromatic ring is 1. The van der Waals surface area contributed by atoms with Crippen LogP contribution in [0.2, 0.25) is 10.0 Å². The number of halogens is 2. The van der Waals surface area contributed by atoms with Crippen LogP contribution in [0.1, 0.15) is 35.1 Å². The SMILES string of the molecule is CCNC(=O)c1c(C)nc(N)nc1CCCOc1ccc(Cl)cc1Cl. The Balaban J connectivity index is 2.03. The number of carbonyl (C=O) groups is 1. The zero-order chi connectivity index (χ0) is 18.4. The molecule has 134 valence electrons. The van der Waals surface area contributed by atoms with Gasteiger partial charge in [-0.25, -0.2) is 9.97 Å². The van der Waals surface area contributed by atoms with Crippen molar-refractivity contribution in [3.8, 4) is 5.75 Å². The number of aromatic nitrogens is 2. The van der Waals surface area contributed by atoms with Gasteiger partial charge < -0.3 is 15.8 Å². The van der Waals surface area contributed by atoms with Crippen LogP contribution in [0, 0.1) is 6.92 Å². The maximum atomic E-state index is 12.2. The highest BCUT2D eigenvalue weighted by atomic mass is 35.5. The van der Waals surface area contributed by atoms with E-state index in [0.717, 1.165) is 0 Å². The summed E-state index contributed by atoms with van der Waals surface area (Å²) in [6, 6.07) is 5.06. The second-order valence-corrected chi connectivity index (χ2v) is 6.22. The van der Waals surface area contributed by atoms with Crippen molar-refractivity contribution in [1.29, 1.82) is 0 Å². The first-order valence-corrected chi connectivity index (χ1v) is 8.67. The molecule has 0 saturated carbocycles. The lowest BCUT2D eigenvalue weighted by atomic mass is 10.1. The molecule has 0 saturated heterocycles. The summed E-state index contributed by atoms with van der Waals surface area (Å²) >= 11 is 11.9. The van der Waals surface area contributed by atoms with Gasteiger partial charge in [0.05, 0.1) is 28.6 Å². The van der Waals surface area contributed by atoms with Crippen molar-refractivity contribution in [2.45, 2.75) is 26.7 Å². The molecule has 8 heteroatoms. The number of amides is 1. The number of aryl methyl sites for hydroxylation is 2. The van der Waals surface area contributed by atoms with Crippen LogP contribution in [0.5, 0.6) is 5.75 Å². The summed E-state index contributed by atoms with van der Waals surface area (Å²) in [4.78, 5) is 20.5. The zero-order valence-corrected chi connectivity index (χ0v) is 15.6. The number of anilines is 1. The third-order valence-electron chi connectivity index (χ3n) is 3.46. The third kappa shape index (κ3) is 5.21. The summed E-state index contributed by atoms with van der Waals surface area (Å²) in [5.41, 5.74) is 7.37. The van der Waals surface area contributed by atoms with Crippen LogP contribution in [-0.2, 0) is 6.42 Å². The lowest BCUT2D eigenvalue weighted by Gasteiger charge is -2.12. The van der Waals surface area contributed by atoms with Gasteiger partial charge in [-0.15, -0.1) is 0 Å². The normalized spacial score (nSPS) is 10.6. The monoisotopic (exact) mass is 382 g/mol. The number of nitrogens with one attached hydrogen (secondary N) is 1. The maximum absolute atomic E-state index is 12.2. The number of nitrogens with two attached hydrogens (primary N) is 1. The molecular formula is C17H20Cl2N4O2. The molecule has 0 spiro atoms. The Bertz CT molecular complexity index is 769. The lowest BCUT2D eigenvalue weighted by Crippen LogP contribution is -2.26. The van der Waals surface area contributed by atoms with Crippen molar-refractivity contribution >= 4 is 35.1 Å². The quantitative estimate of drug-likeness (QED) is 0.715. The smallest absolute Gasteiger partial charge is 0.254 e. The Morgan fingerprint density at radius 3 is 2.76 bits per heavy atom. The van der Waals surface area contributed by atoms with E-state index in [1.165, 1.54) is 0 Å². The van der Waals surface area contributed by atoms with Crippen molar-refractivity contribution in [2.75, 3.05) is 18.9 Å². The zero-order valence-electron chi connectivity index (χ0n) is 14.1. The van der Waals surface area contributed by atoms with E-state index in [4.69, 9.17) is 33.7 Å². The van der Waals surface area contributed by atoms with Crippen molar-refractivity contribution < 1.29 is 9.53 Å². The molecule has 25 heavy (non-hydrogen) atoms. The Hall–Kier alpha value is -2.05. The van der Waals surface area contributed by atoms with Gasteiger partial charge in [0.25, 0.3) is 5.91 Å². The molecule has 1 aromatic heterocycles. The lowest BCUT2D eigenvalue weighted by molar-refractivity contribution is 0.0953. The second-order valence-electron chi connectivity index (χ2n) is 5.38. The van der Waals surface area contributed by atoms with E-state index in [0.29, 0.717) is 58.7 Å². The molecule has 0 unspecified atom stereocenters. The van der Waals surface area contributed by atoms with Gasteiger partial charge in [-0.1, -0.05) is 23.2 Å².